The van der Waals surface area contributed by atoms with E-state index in [1.807, 2.05) is 6.07 Å². The van der Waals surface area contributed by atoms with Gasteiger partial charge in [-0.3, -0.25) is 19.4 Å². The molecule has 1 N–H and O–H groups in total. The Balaban J connectivity index is 1.61. The normalized spacial score (nSPS) is 22.4. The summed E-state index contributed by atoms with van der Waals surface area (Å²) >= 11 is 0. The van der Waals surface area contributed by atoms with Crippen LogP contribution in [0.25, 0.3) is 0 Å². The molecular formula is C22H23FN2O3. The van der Waals surface area contributed by atoms with Crippen LogP contribution in [0.2, 0.25) is 0 Å². The highest BCUT2D eigenvalue weighted by Gasteiger charge is 2.51. The van der Waals surface area contributed by atoms with Crippen molar-refractivity contribution in [1.29, 1.82) is 0 Å². The van der Waals surface area contributed by atoms with Gasteiger partial charge < -0.3 is 5.11 Å². The maximum atomic E-state index is 13.2. The number of carbonyl (C=O) groups is 2. The van der Waals surface area contributed by atoms with Gasteiger partial charge in [0.15, 0.2) is 11.4 Å². The molecule has 0 unspecified atom stereocenters. The summed E-state index contributed by atoms with van der Waals surface area (Å²) in [4.78, 5) is 29.7. The number of hydrogen-bond acceptors (Lipinski definition) is 4. The van der Waals surface area contributed by atoms with Gasteiger partial charge in [-0.05, 0) is 56.3 Å². The second-order valence-electron chi connectivity index (χ2n) is 7.54. The van der Waals surface area contributed by atoms with Gasteiger partial charge in [-0.2, -0.15) is 0 Å². The number of piperidine rings is 1. The van der Waals surface area contributed by atoms with E-state index in [9.17, 15) is 19.1 Å². The van der Waals surface area contributed by atoms with Crippen LogP contribution >= 0.6 is 0 Å². The summed E-state index contributed by atoms with van der Waals surface area (Å²) in [6.07, 6.45) is 3.01. The molecule has 2 aromatic carbocycles. The second kappa shape index (κ2) is 7.45. The Hall–Kier alpha value is -2.57. The van der Waals surface area contributed by atoms with E-state index in [2.05, 4.69) is 4.90 Å². The number of para-hydroxylation sites is 1. The van der Waals surface area contributed by atoms with Crippen molar-refractivity contribution in [2.75, 3.05) is 24.7 Å². The SMILES string of the molecule is O=C(C[C@@]1(O)C(=O)N(CN2CCCCC2)c2ccccc21)c1ccc(F)cc1. The van der Waals surface area contributed by atoms with E-state index in [1.54, 1.807) is 23.1 Å². The number of ketones is 1. The topological polar surface area (TPSA) is 60.9 Å². The highest BCUT2D eigenvalue weighted by Crippen LogP contribution is 2.43. The van der Waals surface area contributed by atoms with Gasteiger partial charge in [-0.1, -0.05) is 24.6 Å². The summed E-state index contributed by atoms with van der Waals surface area (Å²) in [6.45, 7) is 2.24. The fraction of sp³-hybridized carbons (Fsp3) is 0.364. The molecule has 2 aromatic rings. The molecule has 0 aliphatic carbocycles. The molecule has 0 aromatic heterocycles. The first-order valence-corrected chi connectivity index (χ1v) is 9.64. The molecule has 28 heavy (non-hydrogen) atoms. The van der Waals surface area contributed by atoms with E-state index in [0.29, 0.717) is 17.9 Å². The summed E-state index contributed by atoms with van der Waals surface area (Å²) in [6, 6.07) is 12.2. The van der Waals surface area contributed by atoms with Crippen molar-refractivity contribution in [2.45, 2.75) is 31.3 Å². The number of rotatable bonds is 5. The molecule has 2 heterocycles. The molecule has 1 amide bonds. The standard InChI is InChI=1S/C22H23FN2O3/c23-17-10-8-16(9-11-17)20(26)14-22(28)18-6-2-3-7-19(18)25(21(22)27)15-24-12-4-1-5-13-24/h2-3,6-11,28H,1,4-5,12-15H2/t22-/m0/s1. The number of nitrogens with zero attached hydrogens (tertiary/aromatic N) is 2. The van der Waals surface area contributed by atoms with Gasteiger partial charge in [0.2, 0.25) is 0 Å². The monoisotopic (exact) mass is 382 g/mol. The van der Waals surface area contributed by atoms with Crippen LogP contribution in [-0.4, -0.2) is 41.5 Å². The van der Waals surface area contributed by atoms with Crippen molar-refractivity contribution in [3.63, 3.8) is 0 Å². The Kier molecular flexibility index (Phi) is 5.00. The predicted molar refractivity (Wildman–Crippen MR) is 103 cm³/mol. The molecule has 4 rings (SSSR count). The largest absolute Gasteiger partial charge is 0.375 e. The Morgan fingerprint density at radius 1 is 1.04 bits per heavy atom. The lowest BCUT2D eigenvalue weighted by Crippen LogP contribution is -2.47. The van der Waals surface area contributed by atoms with Gasteiger partial charge in [0.1, 0.15) is 5.82 Å². The molecule has 0 bridgehead atoms. The predicted octanol–water partition coefficient (Wildman–Crippen LogP) is 3.08. The quantitative estimate of drug-likeness (QED) is 0.808. The number of fused-ring (bicyclic) bond motifs is 1. The van der Waals surface area contributed by atoms with Crippen molar-refractivity contribution in [3.05, 3.63) is 65.5 Å². The second-order valence-corrected chi connectivity index (χ2v) is 7.54. The van der Waals surface area contributed by atoms with Crippen molar-refractivity contribution in [1.82, 2.24) is 4.90 Å². The van der Waals surface area contributed by atoms with E-state index in [-0.39, 0.29) is 12.0 Å². The number of likely N-dealkylation sites (tertiary alicyclic amines) is 1. The molecule has 1 atom stereocenters. The van der Waals surface area contributed by atoms with Gasteiger partial charge in [-0.25, -0.2) is 4.39 Å². The number of anilines is 1. The first-order valence-electron chi connectivity index (χ1n) is 9.64. The fourth-order valence-electron chi connectivity index (χ4n) is 4.09. The third kappa shape index (κ3) is 3.34. The summed E-state index contributed by atoms with van der Waals surface area (Å²) < 4.78 is 13.1. The molecule has 2 aliphatic rings. The average molecular weight is 382 g/mol. The molecule has 0 saturated carbocycles. The number of benzene rings is 2. The molecule has 6 heteroatoms. The summed E-state index contributed by atoms with van der Waals surface area (Å²) in [5.41, 5.74) is -0.535. The van der Waals surface area contributed by atoms with Crippen LogP contribution in [-0.2, 0) is 10.4 Å². The average Bonchev–Trinajstić information content (AvgIpc) is 2.91. The van der Waals surface area contributed by atoms with E-state index in [4.69, 9.17) is 0 Å². The lowest BCUT2D eigenvalue weighted by molar-refractivity contribution is -0.136. The first kappa shape index (κ1) is 18.8. The third-order valence-electron chi connectivity index (χ3n) is 5.61. The van der Waals surface area contributed by atoms with E-state index >= 15 is 0 Å². The highest BCUT2D eigenvalue weighted by atomic mass is 19.1. The summed E-state index contributed by atoms with van der Waals surface area (Å²) in [5.74, 6) is -1.31. The van der Waals surface area contributed by atoms with Gasteiger partial charge in [0.25, 0.3) is 5.91 Å². The van der Waals surface area contributed by atoms with Crippen LogP contribution in [0.4, 0.5) is 10.1 Å². The third-order valence-corrected chi connectivity index (χ3v) is 5.61. The van der Waals surface area contributed by atoms with Gasteiger partial charge in [0.05, 0.1) is 18.8 Å². The number of carbonyl (C=O) groups excluding carboxylic acids is 2. The zero-order valence-electron chi connectivity index (χ0n) is 15.6. The smallest absolute Gasteiger partial charge is 0.265 e. The molecule has 0 spiro atoms. The van der Waals surface area contributed by atoms with Crippen LogP contribution in [0.1, 0.15) is 41.6 Å². The van der Waals surface area contributed by atoms with Crippen LogP contribution in [0.15, 0.2) is 48.5 Å². The van der Waals surface area contributed by atoms with Crippen molar-refractivity contribution in [2.24, 2.45) is 0 Å². The summed E-state index contributed by atoms with van der Waals surface area (Å²) in [5, 5.41) is 11.3. The first-order chi connectivity index (χ1) is 13.5. The Labute approximate surface area is 163 Å². The van der Waals surface area contributed by atoms with Gasteiger partial charge >= 0.3 is 0 Å². The van der Waals surface area contributed by atoms with Crippen LogP contribution in [0, 0.1) is 5.82 Å². The number of Topliss-reactive ketones (excluding diaryl/α,β-unsaturated/α-hetero) is 1. The Morgan fingerprint density at radius 2 is 1.71 bits per heavy atom. The Morgan fingerprint density at radius 3 is 2.43 bits per heavy atom. The van der Waals surface area contributed by atoms with Crippen molar-refractivity contribution >= 4 is 17.4 Å². The maximum absolute atomic E-state index is 13.2. The van der Waals surface area contributed by atoms with Crippen LogP contribution < -0.4 is 4.90 Å². The zero-order chi connectivity index (χ0) is 19.7. The number of amides is 1. The summed E-state index contributed by atoms with van der Waals surface area (Å²) in [7, 11) is 0. The minimum absolute atomic E-state index is 0.273. The molecule has 0 radical (unpaired) electrons. The molecule has 146 valence electrons. The molecular weight excluding hydrogens is 359 g/mol. The fourth-order valence-corrected chi connectivity index (χ4v) is 4.09. The van der Waals surface area contributed by atoms with Gasteiger partial charge in [-0.15, -0.1) is 0 Å². The molecule has 1 fully saturated rings. The van der Waals surface area contributed by atoms with Crippen molar-refractivity contribution in [3.8, 4) is 0 Å². The maximum Gasteiger partial charge on any atom is 0.265 e. The van der Waals surface area contributed by atoms with Gasteiger partial charge in [0, 0.05) is 11.1 Å². The van der Waals surface area contributed by atoms with Crippen molar-refractivity contribution < 1.29 is 19.1 Å². The molecule has 1 saturated heterocycles. The zero-order valence-corrected chi connectivity index (χ0v) is 15.6. The Bertz CT molecular complexity index is 893. The van der Waals surface area contributed by atoms with Crippen LogP contribution in [0.3, 0.4) is 0 Å². The number of hydrogen-bond donors (Lipinski definition) is 1. The minimum Gasteiger partial charge on any atom is -0.375 e. The number of aliphatic hydroxyl groups is 1. The van der Waals surface area contributed by atoms with E-state index in [1.165, 1.54) is 30.7 Å². The van der Waals surface area contributed by atoms with Crippen LogP contribution in [0.5, 0.6) is 0 Å². The number of halogens is 1. The lowest BCUT2D eigenvalue weighted by atomic mass is 9.88. The van der Waals surface area contributed by atoms with E-state index < -0.39 is 23.1 Å². The highest BCUT2D eigenvalue weighted by molar-refractivity contribution is 6.10. The minimum atomic E-state index is -1.90. The molecule has 2 aliphatic heterocycles. The molecule has 5 nitrogen and oxygen atoms in total. The van der Waals surface area contributed by atoms with E-state index in [0.717, 1.165) is 25.9 Å². The lowest BCUT2D eigenvalue weighted by Gasteiger charge is -2.31.